The highest BCUT2D eigenvalue weighted by Gasteiger charge is 2.22. The summed E-state index contributed by atoms with van der Waals surface area (Å²) in [5, 5.41) is 9.72. The maximum Gasteiger partial charge on any atom is 0.228 e. The molecule has 0 bridgehead atoms. The van der Waals surface area contributed by atoms with Crippen LogP contribution >= 0.6 is 11.6 Å². The lowest BCUT2D eigenvalue weighted by Gasteiger charge is -2.28. The van der Waals surface area contributed by atoms with Crippen molar-refractivity contribution in [3.05, 3.63) is 40.7 Å². The van der Waals surface area contributed by atoms with E-state index < -0.39 is 0 Å². The summed E-state index contributed by atoms with van der Waals surface area (Å²) in [5.74, 6) is 1.50. The van der Waals surface area contributed by atoms with E-state index in [2.05, 4.69) is 16.0 Å². The van der Waals surface area contributed by atoms with Gasteiger partial charge in [0.1, 0.15) is 5.76 Å². The van der Waals surface area contributed by atoms with Crippen molar-refractivity contribution >= 4 is 11.6 Å². The normalized spacial score (nSPS) is 19.0. The average molecular weight is 316 g/mol. The highest BCUT2D eigenvalue weighted by molar-refractivity contribution is 6.33. The molecule has 22 heavy (non-hydrogen) atoms. The molecule has 1 aliphatic rings. The summed E-state index contributed by atoms with van der Waals surface area (Å²) in [6, 6.07) is 9.91. The number of hydrogen-bond donors (Lipinski definition) is 0. The number of benzene rings is 1. The Morgan fingerprint density at radius 2 is 2.27 bits per heavy atom. The molecule has 3 rings (SSSR count). The van der Waals surface area contributed by atoms with Gasteiger partial charge in [-0.2, -0.15) is 5.26 Å². The monoisotopic (exact) mass is 315 g/mol. The van der Waals surface area contributed by atoms with Crippen molar-refractivity contribution in [3.8, 4) is 17.5 Å². The maximum atomic E-state index is 9.09. The Labute approximate surface area is 135 Å². The van der Waals surface area contributed by atoms with Gasteiger partial charge in [-0.15, -0.1) is 0 Å². The van der Waals surface area contributed by atoms with Gasteiger partial charge in [0.15, 0.2) is 0 Å². The fourth-order valence-electron chi connectivity index (χ4n) is 2.84. The van der Waals surface area contributed by atoms with E-state index in [-0.39, 0.29) is 5.92 Å². The van der Waals surface area contributed by atoms with Gasteiger partial charge in [-0.1, -0.05) is 23.7 Å². The van der Waals surface area contributed by atoms with E-state index in [1.807, 2.05) is 31.2 Å². The van der Waals surface area contributed by atoms with Crippen LogP contribution in [-0.4, -0.2) is 23.0 Å². The van der Waals surface area contributed by atoms with Crippen LogP contribution in [0.2, 0.25) is 5.02 Å². The first-order valence-corrected chi connectivity index (χ1v) is 7.88. The molecule has 2 heterocycles. The molecule has 0 spiro atoms. The number of aryl methyl sites for hydroxylation is 1. The molecule has 4 nitrogen and oxygen atoms in total. The molecule has 1 fully saturated rings. The fraction of sp³-hybridized carbons (Fsp3) is 0.412. The van der Waals surface area contributed by atoms with Crippen LogP contribution < -0.4 is 0 Å². The van der Waals surface area contributed by atoms with Gasteiger partial charge in [-0.05, 0) is 38.4 Å². The minimum Gasteiger partial charge on any atom is -0.441 e. The number of oxazole rings is 1. The van der Waals surface area contributed by atoms with Crippen LogP contribution in [-0.2, 0) is 6.54 Å². The van der Waals surface area contributed by atoms with E-state index >= 15 is 0 Å². The number of hydrogen-bond acceptors (Lipinski definition) is 4. The van der Waals surface area contributed by atoms with Gasteiger partial charge in [0.05, 0.1) is 28.3 Å². The van der Waals surface area contributed by atoms with E-state index in [1.54, 1.807) is 0 Å². The third-order valence-corrected chi connectivity index (χ3v) is 4.39. The quantitative estimate of drug-likeness (QED) is 0.857. The molecule has 1 saturated heterocycles. The van der Waals surface area contributed by atoms with Gasteiger partial charge >= 0.3 is 0 Å². The standard InChI is InChI=1S/C17H18ClN3O/c1-12-16(11-21-8-4-5-13(9-19)10-21)20-17(22-12)14-6-2-3-7-15(14)18/h2-3,6-7,13H,4-5,8,10-11H2,1H3/t13-/m1/s1. The Morgan fingerprint density at radius 3 is 3.05 bits per heavy atom. The number of aromatic nitrogens is 1. The van der Waals surface area contributed by atoms with Crippen LogP contribution in [0.4, 0.5) is 0 Å². The lowest BCUT2D eigenvalue weighted by Crippen LogP contribution is -2.34. The van der Waals surface area contributed by atoms with Gasteiger partial charge in [-0.3, -0.25) is 4.90 Å². The van der Waals surface area contributed by atoms with Crippen molar-refractivity contribution < 1.29 is 4.42 Å². The second-order valence-electron chi connectivity index (χ2n) is 5.71. The second-order valence-corrected chi connectivity index (χ2v) is 6.11. The Hall–Kier alpha value is -1.83. The molecule has 1 aromatic carbocycles. The lowest BCUT2D eigenvalue weighted by atomic mass is 9.99. The van der Waals surface area contributed by atoms with E-state index in [9.17, 15) is 0 Å². The van der Waals surface area contributed by atoms with Crippen molar-refractivity contribution in [2.24, 2.45) is 5.92 Å². The van der Waals surface area contributed by atoms with Crippen LogP contribution in [0.25, 0.3) is 11.5 Å². The molecular weight excluding hydrogens is 298 g/mol. The summed E-state index contributed by atoms with van der Waals surface area (Å²) >= 11 is 6.20. The molecule has 0 saturated carbocycles. The summed E-state index contributed by atoms with van der Waals surface area (Å²) in [7, 11) is 0. The molecule has 0 amide bonds. The average Bonchev–Trinajstić information content (AvgIpc) is 2.89. The summed E-state index contributed by atoms with van der Waals surface area (Å²) in [6.45, 7) is 4.46. The van der Waals surface area contributed by atoms with E-state index in [1.165, 1.54) is 0 Å². The predicted molar refractivity (Wildman–Crippen MR) is 85.3 cm³/mol. The van der Waals surface area contributed by atoms with Gasteiger partial charge in [0.2, 0.25) is 5.89 Å². The number of halogens is 1. The Bertz CT molecular complexity index is 704. The minimum absolute atomic E-state index is 0.129. The van der Waals surface area contributed by atoms with Crippen LogP contribution in [0.1, 0.15) is 24.3 Å². The lowest BCUT2D eigenvalue weighted by molar-refractivity contribution is 0.189. The number of rotatable bonds is 3. The largest absolute Gasteiger partial charge is 0.441 e. The first-order chi connectivity index (χ1) is 10.7. The predicted octanol–water partition coefficient (Wildman–Crippen LogP) is 4.04. The van der Waals surface area contributed by atoms with E-state index in [0.29, 0.717) is 10.9 Å². The number of nitriles is 1. The fourth-order valence-corrected chi connectivity index (χ4v) is 3.06. The molecular formula is C17H18ClN3O. The first-order valence-electron chi connectivity index (χ1n) is 7.50. The Morgan fingerprint density at radius 1 is 1.45 bits per heavy atom. The topological polar surface area (TPSA) is 53.1 Å². The SMILES string of the molecule is Cc1oc(-c2ccccc2Cl)nc1CN1CCC[C@H](C#N)C1. The third-order valence-electron chi connectivity index (χ3n) is 4.06. The number of piperidine rings is 1. The van der Waals surface area contributed by atoms with Gasteiger partial charge in [-0.25, -0.2) is 4.98 Å². The van der Waals surface area contributed by atoms with Crippen molar-refractivity contribution in [2.75, 3.05) is 13.1 Å². The summed E-state index contributed by atoms with van der Waals surface area (Å²) < 4.78 is 5.79. The van der Waals surface area contributed by atoms with Crippen LogP contribution in [0, 0.1) is 24.2 Å². The zero-order valence-electron chi connectivity index (χ0n) is 12.6. The molecule has 5 heteroatoms. The molecule has 0 N–H and O–H groups in total. The molecule has 2 aromatic rings. The highest BCUT2D eigenvalue weighted by atomic mass is 35.5. The minimum atomic E-state index is 0.129. The summed E-state index contributed by atoms with van der Waals surface area (Å²) in [4.78, 5) is 6.89. The van der Waals surface area contributed by atoms with Gasteiger partial charge in [0.25, 0.3) is 0 Å². The maximum absolute atomic E-state index is 9.09. The second kappa shape index (κ2) is 6.51. The number of nitrogens with zero attached hydrogens (tertiary/aromatic N) is 3. The molecule has 0 radical (unpaired) electrons. The van der Waals surface area contributed by atoms with Crippen LogP contribution in [0.3, 0.4) is 0 Å². The number of likely N-dealkylation sites (tertiary alicyclic amines) is 1. The summed E-state index contributed by atoms with van der Waals surface area (Å²) in [6.07, 6.45) is 2.06. The van der Waals surface area contributed by atoms with Crippen LogP contribution in [0.5, 0.6) is 0 Å². The third kappa shape index (κ3) is 3.16. The molecule has 0 unspecified atom stereocenters. The highest BCUT2D eigenvalue weighted by Crippen LogP contribution is 2.29. The Balaban J connectivity index is 1.79. The van der Waals surface area contributed by atoms with Crippen molar-refractivity contribution in [1.29, 1.82) is 5.26 Å². The molecule has 114 valence electrons. The smallest absolute Gasteiger partial charge is 0.228 e. The zero-order chi connectivity index (χ0) is 15.5. The molecule has 1 aromatic heterocycles. The molecule has 1 atom stereocenters. The van der Waals surface area contributed by atoms with Crippen molar-refractivity contribution in [3.63, 3.8) is 0 Å². The van der Waals surface area contributed by atoms with Crippen molar-refractivity contribution in [2.45, 2.75) is 26.3 Å². The van der Waals surface area contributed by atoms with Crippen molar-refractivity contribution in [1.82, 2.24) is 9.88 Å². The van der Waals surface area contributed by atoms with E-state index in [0.717, 1.165) is 49.5 Å². The Kier molecular flexibility index (Phi) is 4.47. The van der Waals surface area contributed by atoms with E-state index in [4.69, 9.17) is 21.3 Å². The van der Waals surface area contributed by atoms with Crippen LogP contribution in [0.15, 0.2) is 28.7 Å². The zero-order valence-corrected chi connectivity index (χ0v) is 13.3. The van der Waals surface area contributed by atoms with Gasteiger partial charge in [0, 0.05) is 13.1 Å². The molecule has 1 aliphatic heterocycles. The first kappa shape index (κ1) is 15.1. The summed E-state index contributed by atoms with van der Waals surface area (Å²) in [5.41, 5.74) is 1.74. The molecule has 0 aliphatic carbocycles. The van der Waals surface area contributed by atoms with Gasteiger partial charge < -0.3 is 4.42 Å².